The van der Waals surface area contributed by atoms with Crippen LogP contribution in [0.15, 0.2) is 30.4 Å². The van der Waals surface area contributed by atoms with Crippen LogP contribution in [0.1, 0.15) is 57.0 Å². The number of esters is 1. The van der Waals surface area contributed by atoms with Crippen molar-refractivity contribution in [2.24, 2.45) is 5.92 Å². The molecule has 0 saturated carbocycles. The van der Waals surface area contributed by atoms with E-state index in [0.29, 0.717) is 17.7 Å². The Hall–Kier alpha value is -3.25. The summed E-state index contributed by atoms with van der Waals surface area (Å²) in [5.74, 6) is -1.86. The molecule has 1 amide bonds. The summed E-state index contributed by atoms with van der Waals surface area (Å²) >= 11 is 0. The first-order chi connectivity index (χ1) is 18.9. The number of hydrogen-bond donors (Lipinski definition) is 2. The van der Waals surface area contributed by atoms with Crippen LogP contribution in [0.25, 0.3) is 6.08 Å². The van der Waals surface area contributed by atoms with Gasteiger partial charge in [0.05, 0.1) is 6.10 Å². The number of nitrogens with one attached hydrogen (secondary N) is 1. The highest BCUT2D eigenvalue weighted by atomic mass is 16.8. The van der Waals surface area contributed by atoms with Crippen LogP contribution in [0.5, 0.6) is 11.5 Å². The van der Waals surface area contributed by atoms with Gasteiger partial charge in [0.2, 0.25) is 5.91 Å². The summed E-state index contributed by atoms with van der Waals surface area (Å²) in [6, 6.07) is 3.14. The molecule has 3 unspecified atom stereocenters. The number of ether oxygens (including phenoxy) is 6. The van der Waals surface area contributed by atoms with Crippen LogP contribution in [0.3, 0.4) is 0 Å². The van der Waals surface area contributed by atoms with Crippen molar-refractivity contribution in [1.29, 1.82) is 0 Å². The standard InChI is InChI=1S/C29H39NO10/c1-17-10-11-23(33)27-24(39-29(4,5)40-27)9-7-8-20-12-22(36-15-21(32)14-30-19(3)31)13-25(37-16-35-6)26(20)28(34)38-18(17)2/h7-8,10-13,17-18,21,24,27,32H,9,14-16H2,1-6H3,(H,30,31)/b8-7+,11-10-/t17-,18?,21?,24?,27-/m1/s1. The lowest BCUT2D eigenvalue weighted by Crippen LogP contribution is -2.33. The Morgan fingerprint density at radius 3 is 2.62 bits per heavy atom. The molecular weight excluding hydrogens is 522 g/mol. The second-order valence-corrected chi connectivity index (χ2v) is 10.3. The molecule has 0 aromatic heterocycles. The maximum atomic E-state index is 13.4. The Balaban J connectivity index is 2.00. The molecule has 2 heterocycles. The zero-order valence-electron chi connectivity index (χ0n) is 23.8. The van der Waals surface area contributed by atoms with Crippen molar-refractivity contribution in [1.82, 2.24) is 5.32 Å². The minimum atomic E-state index is -0.964. The van der Waals surface area contributed by atoms with Crippen molar-refractivity contribution in [2.45, 2.75) is 71.2 Å². The number of fused-ring (bicyclic) bond motifs is 2. The zero-order chi connectivity index (χ0) is 29.4. The molecule has 1 aromatic rings. The van der Waals surface area contributed by atoms with Crippen LogP contribution in [0.2, 0.25) is 0 Å². The van der Waals surface area contributed by atoms with Gasteiger partial charge in [0.25, 0.3) is 0 Å². The molecule has 0 bridgehead atoms. The summed E-state index contributed by atoms with van der Waals surface area (Å²) < 4.78 is 34.2. The number of ketones is 1. The Bertz CT molecular complexity index is 1130. The third-order valence-electron chi connectivity index (χ3n) is 6.40. The van der Waals surface area contributed by atoms with E-state index in [9.17, 15) is 19.5 Å². The average molecular weight is 562 g/mol. The highest BCUT2D eigenvalue weighted by Crippen LogP contribution is 2.34. The van der Waals surface area contributed by atoms with Gasteiger partial charge in [-0.25, -0.2) is 4.79 Å². The zero-order valence-corrected chi connectivity index (χ0v) is 23.8. The molecule has 1 saturated heterocycles. The number of carbonyl (C=O) groups excluding carboxylic acids is 3. The van der Waals surface area contributed by atoms with Gasteiger partial charge in [-0.1, -0.05) is 25.2 Å². The number of aliphatic hydroxyl groups is 1. The third kappa shape index (κ3) is 8.62. The lowest BCUT2D eigenvalue weighted by molar-refractivity contribution is -0.152. The monoisotopic (exact) mass is 561 g/mol. The molecule has 2 N–H and O–H groups in total. The number of aliphatic hydroxyl groups excluding tert-OH is 1. The number of methoxy groups -OCH3 is 1. The van der Waals surface area contributed by atoms with E-state index >= 15 is 0 Å². The highest BCUT2D eigenvalue weighted by molar-refractivity contribution is 5.97. The first-order valence-electron chi connectivity index (χ1n) is 13.2. The molecule has 0 aliphatic carbocycles. The fourth-order valence-electron chi connectivity index (χ4n) is 4.20. The van der Waals surface area contributed by atoms with Gasteiger partial charge in [-0.3, -0.25) is 9.59 Å². The van der Waals surface area contributed by atoms with Crippen molar-refractivity contribution < 1.29 is 47.9 Å². The van der Waals surface area contributed by atoms with E-state index in [1.54, 1.807) is 45.1 Å². The van der Waals surface area contributed by atoms with E-state index in [0.717, 1.165) is 0 Å². The Morgan fingerprint density at radius 2 is 1.93 bits per heavy atom. The Labute approximate surface area is 234 Å². The van der Waals surface area contributed by atoms with Crippen molar-refractivity contribution in [3.05, 3.63) is 41.5 Å². The summed E-state index contributed by atoms with van der Waals surface area (Å²) in [6.45, 7) is 8.20. The topological polar surface area (TPSA) is 139 Å². The molecule has 1 fully saturated rings. The maximum absolute atomic E-state index is 13.4. The third-order valence-corrected chi connectivity index (χ3v) is 6.40. The summed E-state index contributed by atoms with van der Waals surface area (Å²) in [5.41, 5.74) is 0.592. The number of rotatable bonds is 8. The van der Waals surface area contributed by atoms with Crippen LogP contribution in [-0.2, 0) is 28.5 Å². The quantitative estimate of drug-likeness (QED) is 0.360. The number of carbonyl (C=O) groups is 3. The minimum absolute atomic E-state index is 0.0176. The predicted molar refractivity (Wildman–Crippen MR) is 145 cm³/mol. The lowest BCUT2D eigenvalue weighted by atomic mass is 9.99. The molecule has 220 valence electrons. The van der Waals surface area contributed by atoms with Crippen LogP contribution in [0.4, 0.5) is 0 Å². The van der Waals surface area contributed by atoms with Crippen LogP contribution < -0.4 is 14.8 Å². The van der Waals surface area contributed by atoms with Crippen LogP contribution in [0, 0.1) is 5.92 Å². The smallest absolute Gasteiger partial charge is 0.342 e. The summed E-state index contributed by atoms with van der Waals surface area (Å²) in [6.07, 6.45) is 4.09. The molecule has 1 aromatic carbocycles. The first-order valence-corrected chi connectivity index (χ1v) is 13.2. The summed E-state index contributed by atoms with van der Waals surface area (Å²) in [7, 11) is 1.45. The SMILES string of the molecule is COCOc1cc(OCC(O)CNC(C)=O)cc2c1C(=O)OC(C)[C@H](C)/C=C\C(=O)[C@H]1OC(C)(C)OC1C/C=C/2. The molecule has 3 rings (SSSR count). The number of amides is 1. The van der Waals surface area contributed by atoms with Crippen molar-refractivity contribution in [3.8, 4) is 11.5 Å². The molecular formula is C29H39NO10. The largest absolute Gasteiger partial charge is 0.491 e. The number of hydrogen-bond acceptors (Lipinski definition) is 10. The summed E-state index contributed by atoms with van der Waals surface area (Å²) in [5, 5.41) is 12.7. The van der Waals surface area contributed by atoms with E-state index in [1.807, 2.05) is 6.92 Å². The maximum Gasteiger partial charge on any atom is 0.342 e. The van der Waals surface area contributed by atoms with E-state index < -0.39 is 36.2 Å². The van der Waals surface area contributed by atoms with E-state index in [1.165, 1.54) is 26.2 Å². The molecule has 0 spiro atoms. The second kappa shape index (κ2) is 13.9. The van der Waals surface area contributed by atoms with Gasteiger partial charge < -0.3 is 38.8 Å². The molecule has 11 heteroatoms. The number of cyclic esters (lactones) is 1. The van der Waals surface area contributed by atoms with Crippen molar-refractivity contribution >= 4 is 23.7 Å². The van der Waals surface area contributed by atoms with Crippen molar-refractivity contribution in [2.75, 3.05) is 27.1 Å². The van der Waals surface area contributed by atoms with Gasteiger partial charge in [-0.15, -0.1) is 0 Å². The van der Waals surface area contributed by atoms with Gasteiger partial charge >= 0.3 is 5.97 Å². The molecule has 2 aliphatic rings. The molecule has 5 atom stereocenters. The Kier molecular flexibility index (Phi) is 10.9. The van der Waals surface area contributed by atoms with E-state index in [4.69, 9.17) is 28.4 Å². The lowest BCUT2D eigenvalue weighted by Gasteiger charge is -2.21. The average Bonchev–Trinajstić information content (AvgIpc) is 3.21. The molecule has 2 aliphatic heterocycles. The fraction of sp³-hybridized carbons (Fsp3) is 0.552. The van der Waals surface area contributed by atoms with E-state index in [-0.39, 0.29) is 48.9 Å². The van der Waals surface area contributed by atoms with Crippen LogP contribution >= 0.6 is 0 Å². The molecule has 0 radical (unpaired) electrons. The van der Waals surface area contributed by atoms with Gasteiger partial charge in [0, 0.05) is 32.6 Å². The fourth-order valence-corrected chi connectivity index (χ4v) is 4.20. The highest BCUT2D eigenvalue weighted by Gasteiger charge is 2.43. The first kappa shape index (κ1) is 31.3. The second-order valence-electron chi connectivity index (χ2n) is 10.3. The molecule has 40 heavy (non-hydrogen) atoms. The van der Waals surface area contributed by atoms with Gasteiger partial charge in [0.1, 0.15) is 42.0 Å². The number of benzene rings is 1. The van der Waals surface area contributed by atoms with Gasteiger partial charge in [-0.2, -0.15) is 0 Å². The summed E-state index contributed by atoms with van der Waals surface area (Å²) in [4.78, 5) is 37.5. The van der Waals surface area contributed by atoms with E-state index in [2.05, 4.69) is 5.32 Å². The Morgan fingerprint density at radius 1 is 1.18 bits per heavy atom. The van der Waals surface area contributed by atoms with Crippen molar-refractivity contribution in [3.63, 3.8) is 0 Å². The normalized spacial score (nSPS) is 26.9. The predicted octanol–water partition coefficient (Wildman–Crippen LogP) is 2.79. The molecule has 11 nitrogen and oxygen atoms in total. The van der Waals surface area contributed by atoms with Crippen LogP contribution in [-0.4, -0.2) is 80.0 Å². The minimum Gasteiger partial charge on any atom is -0.491 e. The van der Waals surface area contributed by atoms with Gasteiger partial charge in [-0.05, 0) is 44.9 Å². The van der Waals surface area contributed by atoms with Gasteiger partial charge in [0.15, 0.2) is 18.4 Å².